The van der Waals surface area contributed by atoms with Crippen LogP contribution in [0.15, 0.2) is 66.9 Å². The van der Waals surface area contributed by atoms with Crippen LogP contribution in [0, 0.1) is 0 Å². The molecule has 29 heavy (non-hydrogen) atoms. The molecule has 5 heteroatoms. The highest BCUT2D eigenvalue weighted by Crippen LogP contribution is 2.31. The molecule has 2 aromatic carbocycles. The van der Waals surface area contributed by atoms with E-state index in [9.17, 15) is 4.79 Å². The molecular formula is C24H25N3O2. The number of nitrogens with two attached hydrogens (primary N) is 1. The molecule has 0 fully saturated rings. The van der Waals surface area contributed by atoms with Gasteiger partial charge in [0.2, 0.25) is 11.8 Å². The number of ether oxygens (including phenoxy) is 1. The molecule has 0 saturated carbocycles. The molecule has 1 aromatic heterocycles. The van der Waals surface area contributed by atoms with Crippen molar-refractivity contribution in [3.63, 3.8) is 0 Å². The zero-order valence-electron chi connectivity index (χ0n) is 16.4. The molecule has 1 amide bonds. The molecule has 0 saturated heterocycles. The van der Waals surface area contributed by atoms with Gasteiger partial charge in [0.15, 0.2) is 0 Å². The summed E-state index contributed by atoms with van der Waals surface area (Å²) in [6, 6.07) is 20.1. The summed E-state index contributed by atoms with van der Waals surface area (Å²) in [6.07, 6.45) is 4.67. The Hall–Kier alpha value is -3.18. The van der Waals surface area contributed by atoms with Crippen molar-refractivity contribution in [3.05, 3.63) is 89.1 Å². The fraction of sp³-hybridized carbons (Fsp3) is 0.250. The van der Waals surface area contributed by atoms with Crippen molar-refractivity contribution < 1.29 is 9.53 Å². The summed E-state index contributed by atoms with van der Waals surface area (Å²) < 4.78 is 6.00. The highest BCUT2D eigenvalue weighted by atomic mass is 16.5. The van der Waals surface area contributed by atoms with E-state index in [1.54, 1.807) is 12.1 Å². The lowest BCUT2D eigenvalue weighted by Gasteiger charge is -2.29. The first-order valence-electron chi connectivity index (χ1n) is 10.00. The van der Waals surface area contributed by atoms with Gasteiger partial charge in [-0.25, -0.2) is 4.98 Å². The van der Waals surface area contributed by atoms with Gasteiger partial charge in [0.25, 0.3) is 0 Å². The number of nitrogens with zero attached hydrogens (tertiary/aromatic N) is 2. The van der Waals surface area contributed by atoms with Gasteiger partial charge >= 0.3 is 0 Å². The van der Waals surface area contributed by atoms with E-state index in [2.05, 4.69) is 46.3 Å². The number of hydrogen-bond donors (Lipinski definition) is 1. The SMILES string of the molecule is NC(=O)c1ccc(Oc2cccc3c2CCN(CCCc2ccccc2)C3)nc1. The van der Waals surface area contributed by atoms with E-state index in [0.717, 1.165) is 44.6 Å². The summed E-state index contributed by atoms with van der Waals surface area (Å²) >= 11 is 0. The number of pyridine rings is 1. The van der Waals surface area contributed by atoms with Gasteiger partial charge in [0.1, 0.15) is 5.75 Å². The van der Waals surface area contributed by atoms with Crippen LogP contribution in [0.5, 0.6) is 11.6 Å². The maximum atomic E-state index is 11.2. The normalized spacial score (nSPS) is 13.7. The maximum Gasteiger partial charge on any atom is 0.250 e. The molecule has 1 aliphatic rings. The number of carbonyl (C=O) groups is 1. The van der Waals surface area contributed by atoms with Crippen LogP contribution in [0.4, 0.5) is 0 Å². The Morgan fingerprint density at radius 1 is 1.07 bits per heavy atom. The topological polar surface area (TPSA) is 68.5 Å². The number of amides is 1. The molecule has 148 valence electrons. The van der Waals surface area contributed by atoms with Crippen LogP contribution in [0.2, 0.25) is 0 Å². The third kappa shape index (κ3) is 4.81. The van der Waals surface area contributed by atoms with E-state index >= 15 is 0 Å². The van der Waals surface area contributed by atoms with E-state index in [1.807, 2.05) is 12.1 Å². The first kappa shape index (κ1) is 19.2. The van der Waals surface area contributed by atoms with Crippen molar-refractivity contribution in [1.82, 2.24) is 9.88 Å². The molecule has 5 nitrogen and oxygen atoms in total. The minimum atomic E-state index is -0.492. The Balaban J connectivity index is 1.37. The average molecular weight is 387 g/mol. The van der Waals surface area contributed by atoms with Crippen LogP contribution in [0.25, 0.3) is 0 Å². The summed E-state index contributed by atoms with van der Waals surface area (Å²) in [4.78, 5) is 17.9. The molecule has 1 aliphatic heterocycles. The number of benzene rings is 2. The van der Waals surface area contributed by atoms with E-state index in [-0.39, 0.29) is 0 Å². The van der Waals surface area contributed by atoms with Crippen molar-refractivity contribution in [2.45, 2.75) is 25.8 Å². The zero-order chi connectivity index (χ0) is 20.1. The summed E-state index contributed by atoms with van der Waals surface area (Å²) in [5.74, 6) is 0.813. The minimum absolute atomic E-state index is 0.374. The second-order valence-electron chi connectivity index (χ2n) is 7.36. The molecule has 0 spiro atoms. The molecule has 0 radical (unpaired) electrons. The number of carbonyl (C=O) groups excluding carboxylic acids is 1. The van der Waals surface area contributed by atoms with Gasteiger partial charge in [0.05, 0.1) is 5.56 Å². The molecule has 0 bridgehead atoms. The van der Waals surface area contributed by atoms with Crippen LogP contribution < -0.4 is 10.5 Å². The van der Waals surface area contributed by atoms with E-state index < -0.39 is 5.91 Å². The Morgan fingerprint density at radius 3 is 2.69 bits per heavy atom. The molecule has 3 aromatic rings. The number of rotatable bonds is 7. The van der Waals surface area contributed by atoms with Gasteiger partial charge in [-0.15, -0.1) is 0 Å². The molecule has 0 atom stereocenters. The number of primary amides is 1. The lowest BCUT2D eigenvalue weighted by Crippen LogP contribution is -2.31. The Morgan fingerprint density at radius 2 is 1.93 bits per heavy atom. The van der Waals surface area contributed by atoms with Gasteiger partial charge in [-0.05, 0) is 49.1 Å². The lowest BCUT2D eigenvalue weighted by atomic mass is 9.98. The predicted molar refractivity (Wildman–Crippen MR) is 113 cm³/mol. The molecule has 0 unspecified atom stereocenters. The Bertz CT molecular complexity index is 971. The average Bonchev–Trinajstić information content (AvgIpc) is 2.75. The maximum absolute atomic E-state index is 11.2. The molecule has 2 N–H and O–H groups in total. The first-order valence-corrected chi connectivity index (χ1v) is 10.00. The third-order valence-electron chi connectivity index (χ3n) is 5.32. The number of aryl methyl sites for hydroxylation is 1. The Labute approximate surface area is 171 Å². The predicted octanol–water partition coefficient (Wildman–Crippen LogP) is 3.96. The second kappa shape index (κ2) is 8.88. The lowest BCUT2D eigenvalue weighted by molar-refractivity contribution is 0.1000. The van der Waals surface area contributed by atoms with Crippen LogP contribution in [0.3, 0.4) is 0 Å². The van der Waals surface area contributed by atoms with E-state index in [1.165, 1.54) is 22.9 Å². The standard InChI is InChI=1S/C24H25N3O2/c25-24(28)19-11-12-23(26-16-19)29-22-10-4-9-20-17-27(15-13-21(20)22)14-5-8-18-6-2-1-3-7-18/h1-4,6-7,9-12,16H,5,8,13-15,17H2,(H2,25,28). The second-order valence-corrected chi connectivity index (χ2v) is 7.36. The van der Waals surface area contributed by atoms with E-state index in [0.29, 0.717) is 11.4 Å². The summed E-state index contributed by atoms with van der Waals surface area (Å²) in [6.45, 7) is 3.06. The summed E-state index contributed by atoms with van der Waals surface area (Å²) in [7, 11) is 0. The van der Waals surface area contributed by atoms with Crippen molar-refractivity contribution in [2.75, 3.05) is 13.1 Å². The fourth-order valence-corrected chi connectivity index (χ4v) is 3.77. The zero-order valence-corrected chi connectivity index (χ0v) is 16.4. The van der Waals surface area contributed by atoms with Crippen molar-refractivity contribution in [2.24, 2.45) is 5.73 Å². The molecule has 4 rings (SSSR count). The monoisotopic (exact) mass is 387 g/mol. The molecule has 0 aliphatic carbocycles. The van der Waals surface area contributed by atoms with Crippen molar-refractivity contribution in [1.29, 1.82) is 0 Å². The third-order valence-corrected chi connectivity index (χ3v) is 5.32. The smallest absolute Gasteiger partial charge is 0.250 e. The van der Waals surface area contributed by atoms with Crippen molar-refractivity contribution >= 4 is 5.91 Å². The highest BCUT2D eigenvalue weighted by molar-refractivity contribution is 5.92. The van der Waals surface area contributed by atoms with Gasteiger partial charge in [0, 0.05) is 30.9 Å². The van der Waals surface area contributed by atoms with Gasteiger partial charge < -0.3 is 10.5 Å². The van der Waals surface area contributed by atoms with Gasteiger partial charge in [-0.1, -0.05) is 42.5 Å². The summed E-state index contributed by atoms with van der Waals surface area (Å²) in [5, 5.41) is 0. The van der Waals surface area contributed by atoms with Crippen LogP contribution in [-0.2, 0) is 19.4 Å². The largest absolute Gasteiger partial charge is 0.439 e. The molecule has 2 heterocycles. The Kier molecular flexibility index (Phi) is 5.86. The number of fused-ring (bicyclic) bond motifs is 1. The summed E-state index contributed by atoms with van der Waals surface area (Å²) in [5.41, 5.74) is 9.59. The van der Waals surface area contributed by atoms with Crippen molar-refractivity contribution in [3.8, 4) is 11.6 Å². The van der Waals surface area contributed by atoms with Crippen LogP contribution in [0.1, 0.15) is 33.5 Å². The van der Waals surface area contributed by atoms with Gasteiger partial charge in [-0.3, -0.25) is 9.69 Å². The van der Waals surface area contributed by atoms with Crippen LogP contribution in [-0.4, -0.2) is 28.9 Å². The van der Waals surface area contributed by atoms with Gasteiger partial charge in [-0.2, -0.15) is 0 Å². The number of hydrogen-bond acceptors (Lipinski definition) is 4. The minimum Gasteiger partial charge on any atom is -0.439 e. The fourth-order valence-electron chi connectivity index (χ4n) is 3.77. The van der Waals surface area contributed by atoms with E-state index in [4.69, 9.17) is 10.5 Å². The quantitative estimate of drug-likeness (QED) is 0.666. The van der Waals surface area contributed by atoms with Crippen LogP contribution >= 0.6 is 0 Å². The number of aromatic nitrogens is 1. The molecular weight excluding hydrogens is 362 g/mol. The highest BCUT2D eigenvalue weighted by Gasteiger charge is 2.19. The first-order chi connectivity index (χ1) is 14.2.